The van der Waals surface area contributed by atoms with Crippen molar-refractivity contribution in [3.05, 3.63) is 52.6 Å². The van der Waals surface area contributed by atoms with E-state index in [0.29, 0.717) is 15.8 Å². The van der Waals surface area contributed by atoms with Gasteiger partial charge in [-0.2, -0.15) is 13.2 Å². The van der Waals surface area contributed by atoms with Gasteiger partial charge in [0.25, 0.3) is 0 Å². The molecule has 0 saturated heterocycles. The fourth-order valence-corrected chi connectivity index (χ4v) is 3.48. The molecule has 0 saturated carbocycles. The van der Waals surface area contributed by atoms with Crippen molar-refractivity contribution < 1.29 is 37.0 Å². The number of alkyl halides is 3. The van der Waals surface area contributed by atoms with Crippen LogP contribution >= 0.6 is 0 Å². The van der Waals surface area contributed by atoms with Crippen LogP contribution in [0.4, 0.5) is 13.2 Å². The number of aromatic amines is 1. The number of aryl methyl sites for hydroxylation is 1. The smallest absolute Gasteiger partial charge is 0.449 e. The van der Waals surface area contributed by atoms with Gasteiger partial charge in [0.2, 0.25) is 11.6 Å². The summed E-state index contributed by atoms with van der Waals surface area (Å²) in [6, 6.07) is 5.85. The molecule has 0 radical (unpaired) electrons. The van der Waals surface area contributed by atoms with Gasteiger partial charge in [-0.1, -0.05) is 12.1 Å². The average Bonchev–Trinajstić information content (AvgIpc) is 3.24. The minimum Gasteiger partial charge on any atom is -0.465 e. The number of hydrogen-bond donors (Lipinski definition) is 1. The normalized spacial score (nSPS) is 12.6. The molecule has 170 valence electrons. The Hall–Kier alpha value is -3.63. The second-order valence-corrected chi connectivity index (χ2v) is 7.12. The van der Waals surface area contributed by atoms with Crippen molar-refractivity contribution in [1.29, 1.82) is 0 Å². The van der Waals surface area contributed by atoms with E-state index in [4.69, 9.17) is 9.47 Å². The molecule has 8 nitrogen and oxygen atoms in total. The first-order valence-electron chi connectivity index (χ1n) is 9.49. The van der Waals surface area contributed by atoms with Crippen molar-refractivity contribution in [3.63, 3.8) is 0 Å². The van der Waals surface area contributed by atoms with E-state index in [1.165, 1.54) is 45.2 Å². The highest BCUT2D eigenvalue weighted by molar-refractivity contribution is 6.04. The maximum Gasteiger partial charge on any atom is 0.449 e. The predicted octanol–water partition coefficient (Wildman–Crippen LogP) is 3.60. The zero-order valence-corrected chi connectivity index (χ0v) is 17.7. The molecule has 1 aromatic carbocycles. The van der Waals surface area contributed by atoms with Crippen LogP contribution in [0, 0.1) is 13.8 Å². The van der Waals surface area contributed by atoms with Gasteiger partial charge in [0.1, 0.15) is 6.54 Å². The van der Waals surface area contributed by atoms with E-state index in [2.05, 4.69) is 9.97 Å². The van der Waals surface area contributed by atoms with Gasteiger partial charge in [0.05, 0.1) is 29.4 Å². The SMILES string of the molecule is COC(=O)c1c(C)[nH]c(C(=O)[C@@H](C)OC(=O)Cn2c(C(F)(F)F)nc3ccccc32)c1C. The van der Waals surface area contributed by atoms with Crippen molar-refractivity contribution in [1.82, 2.24) is 14.5 Å². The van der Waals surface area contributed by atoms with Gasteiger partial charge in [0.15, 0.2) is 6.10 Å². The highest BCUT2D eigenvalue weighted by atomic mass is 19.4. The van der Waals surface area contributed by atoms with E-state index in [9.17, 15) is 27.6 Å². The summed E-state index contributed by atoms with van der Waals surface area (Å²) in [5.41, 5.74) is 1.14. The number of ketones is 1. The van der Waals surface area contributed by atoms with Crippen LogP contribution in [0.3, 0.4) is 0 Å². The van der Waals surface area contributed by atoms with Crippen molar-refractivity contribution in [2.45, 2.75) is 39.6 Å². The Bertz CT molecular complexity index is 1210. The number of Topliss-reactive ketones (excluding diaryl/α,β-unsaturated/α-hetero) is 1. The maximum atomic E-state index is 13.4. The Morgan fingerprint density at radius 3 is 2.47 bits per heavy atom. The van der Waals surface area contributed by atoms with E-state index in [1.54, 1.807) is 6.92 Å². The number of nitrogens with one attached hydrogen (secondary N) is 1. The number of esters is 2. The zero-order chi connectivity index (χ0) is 23.8. The summed E-state index contributed by atoms with van der Waals surface area (Å²) in [7, 11) is 1.20. The van der Waals surface area contributed by atoms with E-state index >= 15 is 0 Å². The van der Waals surface area contributed by atoms with Crippen LogP contribution in [0.2, 0.25) is 0 Å². The van der Waals surface area contributed by atoms with Crippen molar-refractivity contribution in [2.24, 2.45) is 0 Å². The molecule has 0 aliphatic carbocycles. The molecule has 0 spiro atoms. The van der Waals surface area contributed by atoms with Crippen LogP contribution in [-0.4, -0.2) is 45.5 Å². The summed E-state index contributed by atoms with van der Waals surface area (Å²) in [6.45, 7) is 3.62. The number of para-hydroxylation sites is 2. The van der Waals surface area contributed by atoms with Crippen molar-refractivity contribution >= 4 is 28.8 Å². The second kappa shape index (κ2) is 8.48. The largest absolute Gasteiger partial charge is 0.465 e. The fourth-order valence-electron chi connectivity index (χ4n) is 3.48. The molecule has 1 N–H and O–H groups in total. The van der Waals surface area contributed by atoms with E-state index in [1.807, 2.05) is 0 Å². The number of fused-ring (bicyclic) bond motifs is 1. The average molecular weight is 451 g/mol. The zero-order valence-electron chi connectivity index (χ0n) is 17.7. The molecule has 2 heterocycles. The lowest BCUT2D eigenvalue weighted by Crippen LogP contribution is -2.28. The Kier molecular flexibility index (Phi) is 6.11. The van der Waals surface area contributed by atoms with Gasteiger partial charge in [0, 0.05) is 5.69 Å². The van der Waals surface area contributed by atoms with Crippen LogP contribution in [0.25, 0.3) is 11.0 Å². The quantitative estimate of drug-likeness (QED) is 0.454. The number of benzene rings is 1. The summed E-state index contributed by atoms with van der Waals surface area (Å²) in [5, 5.41) is 0. The van der Waals surface area contributed by atoms with Crippen LogP contribution in [0.1, 0.15) is 44.9 Å². The molecule has 0 aliphatic rings. The Morgan fingerprint density at radius 1 is 1.19 bits per heavy atom. The molecule has 0 fully saturated rings. The molecule has 0 unspecified atom stereocenters. The molecule has 32 heavy (non-hydrogen) atoms. The van der Waals surface area contributed by atoms with Gasteiger partial charge >= 0.3 is 18.1 Å². The summed E-state index contributed by atoms with van der Waals surface area (Å²) >= 11 is 0. The van der Waals surface area contributed by atoms with E-state index in [0.717, 1.165) is 0 Å². The molecule has 1 atom stereocenters. The summed E-state index contributed by atoms with van der Waals surface area (Å²) < 4.78 is 50.7. The van der Waals surface area contributed by atoms with Crippen LogP contribution in [0.15, 0.2) is 24.3 Å². The number of halogens is 3. The van der Waals surface area contributed by atoms with Crippen LogP contribution in [-0.2, 0) is 27.0 Å². The van der Waals surface area contributed by atoms with Gasteiger partial charge in [-0.25, -0.2) is 9.78 Å². The van der Waals surface area contributed by atoms with Gasteiger partial charge in [-0.15, -0.1) is 0 Å². The molecule has 0 amide bonds. The Morgan fingerprint density at radius 2 is 1.84 bits per heavy atom. The third-order valence-corrected chi connectivity index (χ3v) is 4.95. The standard InChI is InChI=1S/C21H20F3N3O5/c1-10-16(19(30)31-4)11(2)25-17(10)18(29)12(3)32-15(28)9-27-14-8-6-5-7-13(14)26-20(27)21(22,23)24/h5-8,12,25H,9H2,1-4H3/t12-/m1/s1. The monoisotopic (exact) mass is 451 g/mol. The van der Waals surface area contributed by atoms with Crippen molar-refractivity contribution in [3.8, 4) is 0 Å². The number of methoxy groups -OCH3 is 1. The lowest BCUT2D eigenvalue weighted by molar-refractivity contribution is -0.152. The fraction of sp³-hybridized carbons (Fsp3) is 0.333. The number of carbonyl (C=O) groups excluding carboxylic acids is 3. The minimum absolute atomic E-state index is 0.0484. The number of H-pyrrole nitrogens is 1. The number of ether oxygens (including phenoxy) is 2. The number of rotatable bonds is 6. The molecular weight excluding hydrogens is 431 g/mol. The molecular formula is C21H20F3N3O5. The molecule has 0 aliphatic heterocycles. The lowest BCUT2D eigenvalue weighted by Gasteiger charge is -2.14. The number of carbonyl (C=O) groups is 3. The van der Waals surface area contributed by atoms with Gasteiger partial charge in [-0.05, 0) is 38.5 Å². The maximum absolute atomic E-state index is 13.4. The van der Waals surface area contributed by atoms with Crippen molar-refractivity contribution in [2.75, 3.05) is 7.11 Å². The first-order valence-corrected chi connectivity index (χ1v) is 9.49. The topological polar surface area (TPSA) is 103 Å². The van der Waals surface area contributed by atoms with Gasteiger partial charge < -0.3 is 19.0 Å². The number of aromatic nitrogens is 3. The third-order valence-electron chi connectivity index (χ3n) is 4.95. The predicted molar refractivity (Wildman–Crippen MR) is 106 cm³/mol. The van der Waals surface area contributed by atoms with E-state index < -0.39 is 42.4 Å². The Labute approximate surface area is 180 Å². The first-order chi connectivity index (χ1) is 15.0. The number of nitrogens with zero attached hydrogens (tertiary/aromatic N) is 2. The third kappa shape index (κ3) is 4.23. The van der Waals surface area contributed by atoms with Crippen LogP contribution in [0.5, 0.6) is 0 Å². The molecule has 2 aromatic heterocycles. The summed E-state index contributed by atoms with van der Waals surface area (Å²) in [4.78, 5) is 43.4. The molecule has 3 rings (SSSR count). The van der Waals surface area contributed by atoms with E-state index in [-0.39, 0.29) is 22.3 Å². The molecule has 11 heteroatoms. The second-order valence-electron chi connectivity index (χ2n) is 7.12. The summed E-state index contributed by atoms with van der Waals surface area (Å²) in [5.74, 6) is -3.56. The minimum atomic E-state index is -4.79. The highest BCUT2D eigenvalue weighted by Crippen LogP contribution is 2.31. The van der Waals surface area contributed by atoms with Gasteiger partial charge in [-0.3, -0.25) is 9.59 Å². The first kappa shape index (κ1) is 23.0. The molecule has 3 aromatic rings. The summed E-state index contributed by atoms with van der Waals surface area (Å²) in [6.07, 6.45) is -6.10. The highest BCUT2D eigenvalue weighted by Gasteiger charge is 2.38. The number of imidazole rings is 1. The lowest BCUT2D eigenvalue weighted by atomic mass is 10.1. The molecule has 0 bridgehead atoms. The Balaban J connectivity index is 1.82. The van der Waals surface area contributed by atoms with Crippen LogP contribution < -0.4 is 0 Å². The number of hydrogen-bond acceptors (Lipinski definition) is 6.